The van der Waals surface area contributed by atoms with Gasteiger partial charge in [0, 0.05) is 45.3 Å². The van der Waals surface area contributed by atoms with Crippen LogP contribution in [0.15, 0.2) is 101 Å². The van der Waals surface area contributed by atoms with E-state index < -0.39 is 5.92 Å². The van der Waals surface area contributed by atoms with Crippen LogP contribution in [-0.2, 0) is 4.79 Å². The number of Topliss-reactive ketones (excluding diaryl/α,β-unsaturated/α-hetero) is 1. The molecule has 0 bridgehead atoms. The van der Waals surface area contributed by atoms with Crippen LogP contribution in [0.3, 0.4) is 0 Å². The number of thioether (sulfide) groups is 1. The van der Waals surface area contributed by atoms with Gasteiger partial charge in [0.2, 0.25) is 0 Å². The Morgan fingerprint density at radius 2 is 1.70 bits per heavy atom. The van der Waals surface area contributed by atoms with Crippen LogP contribution in [0.1, 0.15) is 49.3 Å². The van der Waals surface area contributed by atoms with Crippen LogP contribution in [0.5, 0.6) is 0 Å². The number of carbonyl (C=O) groups is 1. The summed E-state index contributed by atoms with van der Waals surface area (Å²) in [5.41, 5.74) is 5.21. The number of benzene rings is 3. The first-order chi connectivity index (χ1) is 17.7. The Hall–Kier alpha value is -3.57. The number of aliphatic hydroxyl groups excluding tert-OH is 1. The van der Waals surface area contributed by atoms with E-state index in [0.29, 0.717) is 29.6 Å². The molecule has 0 fully saturated rings. The van der Waals surface area contributed by atoms with Crippen molar-refractivity contribution in [3.63, 3.8) is 0 Å². The quantitative estimate of drug-likeness (QED) is 0.278. The number of aryl methyl sites for hydroxylation is 1. The fourth-order valence-electron chi connectivity index (χ4n) is 5.55. The lowest BCUT2D eigenvalue weighted by atomic mass is 9.67. The number of rotatable bonds is 4. The molecule has 1 aliphatic heterocycles. The Kier molecular flexibility index (Phi) is 6.59. The average Bonchev–Trinajstić information content (AvgIpc) is 2.87. The highest BCUT2D eigenvalue weighted by molar-refractivity contribution is 7.98. The van der Waals surface area contributed by atoms with Gasteiger partial charge < -0.3 is 5.11 Å². The number of aliphatic hydroxyl groups is 1. The molecule has 2 N–H and O–H groups in total. The van der Waals surface area contributed by atoms with Crippen LogP contribution in [0.25, 0.3) is 5.76 Å². The van der Waals surface area contributed by atoms with Crippen LogP contribution in [-0.4, -0.2) is 23.0 Å². The zero-order valence-electron chi connectivity index (χ0n) is 21.7. The summed E-state index contributed by atoms with van der Waals surface area (Å²) in [4.78, 5) is 17.0. The lowest BCUT2D eigenvalue weighted by Crippen LogP contribution is -2.45. The second-order valence-electron chi connectivity index (χ2n) is 10.7. The van der Waals surface area contributed by atoms with Crippen LogP contribution >= 0.6 is 11.8 Å². The van der Waals surface area contributed by atoms with Gasteiger partial charge in [-0.25, -0.2) is 0 Å². The maximum atomic E-state index is 13.9. The monoisotopic (exact) mass is 508 g/mol. The summed E-state index contributed by atoms with van der Waals surface area (Å²) in [5, 5.41) is 21.2. The summed E-state index contributed by atoms with van der Waals surface area (Å²) in [6, 6.07) is 25.5. The molecule has 1 atom stereocenters. The van der Waals surface area contributed by atoms with Gasteiger partial charge >= 0.3 is 0 Å². The molecule has 1 unspecified atom stereocenters. The maximum absolute atomic E-state index is 13.9. The first kappa shape index (κ1) is 25.1. The SMILES string of the molecule is CSc1ccc(C2C3=C(CC(C)(C)CC3=O)N(c3cccc(C)c3)C(=N)/C2=C(/O)c2ccccc2)cc1. The lowest BCUT2D eigenvalue weighted by molar-refractivity contribution is -0.118. The van der Waals surface area contributed by atoms with Crippen LogP contribution < -0.4 is 4.90 Å². The summed E-state index contributed by atoms with van der Waals surface area (Å²) >= 11 is 1.66. The van der Waals surface area contributed by atoms with E-state index in [0.717, 1.165) is 27.4 Å². The van der Waals surface area contributed by atoms with Crippen molar-refractivity contribution in [1.82, 2.24) is 0 Å². The van der Waals surface area contributed by atoms with E-state index >= 15 is 0 Å². The minimum atomic E-state index is -0.525. The summed E-state index contributed by atoms with van der Waals surface area (Å²) in [6.07, 6.45) is 3.13. The zero-order valence-corrected chi connectivity index (χ0v) is 22.5. The standard InChI is InChI=1S/C32H32N2O2S/c1-20-9-8-12-23(17-20)34-25-18-32(2,3)19-26(35)28(25)27(21-13-15-24(37-4)16-14-21)29(31(34)33)30(36)22-10-6-5-7-11-22/h5-17,27,33,36H,18-19H2,1-4H3/b30-29+,33-31?. The van der Waals surface area contributed by atoms with Crippen molar-refractivity contribution in [3.8, 4) is 0 Å². The molecule has 5 heteroatoms. The van der Waals surface area contributed by atoms with E-state index in [1.165, 1.54) is 0 Å². The third-order valence-electron chi connectivity index (χ3n) is 7.23. The van der Waals surface area contributed by atoms with Crippen molar-refractivity contribution in [3.05, 3.63) is 112 Å². The van der Waals surface area contributed by atoms with Gasteiger partial charge in [-0.15, -0.1) is 11.8 Å². The van der Waals surface area contributed by atoms with E-state index in [1.807, 2.05) is 96.9 Å². The molecular formula is C32H32N2O2S. The maximum Gasteiger partial charge on any atom is 0.162 e. The number of nitrogens with zero attached hydrogens (tertiary/aromatic N) is 1. The predicted octanol–water partition coefficient (Wildman–Crippen LogP) is 7.91. The zero-order chi connectivity index (χ0) is 26.3. The molecule has 0 saturated heterocycles. The summed E-state index contributed by atoms with van der Waals surface area (Å²) in [7, 11) is 0. The van der Waals surface area contributed by atoms with Gasteiger partial charge in [-0.1, -0.05) is 68.4 Å². The number of hydrogen-bond donors (Lipinski definition) is 2. The Morgan fingerprint density at radius 1 is 1.00 bits per heavy atom. The van der Waals surface area contributed by atoms with Crippen LogP contribution in [0.2, 0.25) is 0 Å². The lowest BCUT2D eigenvalue weighted by Gasteiger charge is -2.45. The van der Waals surface area contributed by atoms with E-state index in [9.17, 15) is 15.3 Å². The summed E-state index contributed by atoms with van der Waals surface area (Å²) < 4.78 is 0. The minimum absolute atomic E-state index is 0.0337. The van der Waals surface area contributed by atoms with Crippen LogP contribution in [0.4, 0.5) is 5.69 Å². The van der Waals surface area contributed by atoms with Gasteiger partial charge in [0.1, 0.15) is 11.6 Å². The van der Waals surface area contributed by atoms with Crippen molar-refractivity contribution >= 4 is 34.8 Å². The van der Waals surface area contributed by atoms with Crippen molar-refractivity contribution in [2.24, 2.45) is 5.41 Å². The molecule has 0 saturated carbocycles. The molecule has 1 heterocycles. The van der Waals surface area contributed by atoms with Gasteiger partial charge in [0.15, 0.2) is 5.78 Å². The fourth-order valence-corrected chi connectivity index (χ4v) is 5.96. The normalized spacial score (nSPS) is 20.6. The Balaban J connectivity index is 1.84. The molecule has 0 amide bonds. The Morgan fingerprint density at radius 3 is 2.35 bits per heavy atom. The molecule has 0 spiro atoms. The van der Waals surface area contributed by atoms with E-state index in [4.69, 9.17) is 0 Å². The number of carbonyl (C=O) groups excluding carboxylic acids is 1. The smallest absolute Gasteiger partial charge is 0.162 e. The highest BCUT2D eigenvalue weighted by Gasteiger charge is 2.46. The highest BCUT2D eigenvalue weighted by atomic mass is 32.2. The second-order valence-corrected chi connectivity index (χ2v) is 11.5. The summed E-state index contributed by atoms with van der Waals surface area (Å²) in [6.45, 7) is 6.25. The number of anilines is 1. The first-order valence-corrected chi connectivity index (χ1v) is 13.8. The first-order valence-electron chi connectivity index (χ1n) is 12.5. The van der Waals surface area contributed by atoms with Gasteiger partial charge in [-0.05, 0) is 60.4 Å². The number of hydrogen-bond acceptors (Lipinski definition) is 4. The second kappa shape index (κ2) is 9.71. The molecule has 2 aliphatic rings. The number of ketones is 1. The Labute approximate surface area is 223 Å². The molecule has 0 radical (unpaired) electrons. The Bertz CT molecular complexity index is 1440. The average molecular weight is 509 g/mol. The fraction of sp³-hybridized carbons (Fsp3) is 0.250. The van der Waals surface area contributed by atoms with Gasteiger partial charge in [0.25, 0.3) is 0 Å². The van der Waals surface area contributed by atoms with Crippen molar-refractivity contribution in [2.45, 2.75) is 44.4 Å². The van der Waals surface area contributed by atoms with Crippen molar-refractivity contribution < 1.29 is 9.90 Å². The molecule has 188 valence electrons. The number of amidine groups is 1. The van der Waals surface area contributed by atoms with Crippen molar-refractivity contribution in [1.29, 1.82) is 5.41 Å². The van der Waals surface area contributed by atoms with E-state index in [1.54, 1.807) is 11.8 Å². The molecular weight excluding hydrogens is 476 g/mol. The van der Waals surface area contributed by atoms with Crippen LogP contribution in [0, 0.1) is 17.7 Å². The molecule has 0 aromatic heterocycles. The molecule has 1 aliphatic carbocycles. The predicted molar refractivity (Wildman–Crippen MR) is 153 cm³/mol. The topological polar surface area (TPSA) is 64.4 Å². The molecule has 3 aromatic carbocycles. The van der Waals surface area contributed by atoms with E-state index in [-0.39, 0.29) is 22.8 Å². The molecule has 5 rings (SSSR count). The van der Waals surface area contributed by atoms with Gasteiger partial charge in [0.05, 0.1) is 0 Å². The third kappa shape index (κ3) is 4.64. The van der Waals surface area contributed by atoms with Gasteiger partial charge in [-0.3, -0.25) is 15.1 Å². The number of allylic oxidation sites excluding steroid dienone is 2. The highest BCUT2D eigenvalue weighted by Crippen LogP contribution is 2.51. The minimum Gasteiger partial charge on any atom is -0.507 e. The summed E-state index contributed by atoms with van der Waals surface area (Å²) in [5.74, 6) is -0.210. The van der Waals surface area contributed by atoms with Crippen molar-refractivity contribution in [2.75, 3.05) is 11.2 Å². The van der Waals surface area contributed by atoms with Gasteiger partial charge in [-0.2, -0.15) is 0 Å². The van der Waals surface area contributed by atoms with E-state index in [2.05, 4.69) is 13.8 Å². The number of nitrogens with one attached hydrogen (secondary N) is 1. The third-order valence-corrected chi connectivity index (χ3v) is 7.98. The molecule has 4 nitrogen and oxygen atoms in total. The molecule has 37 heavy (non-hydrogen) atoms. The molecule has 3 aromatic rings. The largest absolute Gasteiger partial charge is 0.507 e.